The van der Waals surface area contributed by atoms with Crippen molar-refractivity contribution in [3.05, 3.63) is 35.9 Å². The predicted molar refractivity (Wildman–Crippen MR) is 61.3 cm³/mol. The molecule has 0 saturated heterocycles. The van der Waals surface area contributed by atoms with Gasteiger partial charge in [0.25, 0.3) is 0 Å². The summed E-state index contributed by atoms with van der Waals surface area (Å²) < 4.78 is 0. The highest BCUT2D eigenvalue weighted by Gasteiger charge is 2.51. The van der Waals surface area contributed by atoms with Crippen LogP contribution in [0.4, 0.5) is 0 Å². The van der Waals surface area contributed by atoms with E-state index in [4.69, 9.17) is 0 Å². The summed E-state index contributed by atoms with van der Waals surface area (Å²) in [5.41, 5.74) is 2.55. The van der Waals surface area contributed by atoms with E-state index in [1.54, 1.807) is 0 Å². The normalized spacial score (nSPS) is 19.4. The zero-order chi connectivity index (χ0) is 10.2. The van der Waals surface area contributed by atoms with Gasteiger partial charge < -0.3 is 0 Å². The molecule has 0 atom stereocenters. The van der Waals surface area contributed by atoms with Gasteiger partial charge in [-0.2, -0.15) is 0 Å². The summed E-state index contributed by atoms with van der Waals surface area (Å²) in [4.78, 5) is 0. The maximum atomic E-state index is 2.38. The van der Waals surface area contributed by atoms with Crippen molar-refractivity contribution in [1.82, 2.24) is 0 Å². The highest BCUT2D eigenvalue weighted by atomic mass is 14.6. The molecule has 2 rings (SSSR count). The van der Waals surface area contributed by atoms with Gasteiger partial charge in [-0.3, -0.25) is 0 Å². The van der Waals surface area contributed by atoms with Gasteiger partial charge in [0.05, 0.1) is 0 Å². The van der Waals surface area contributed by atoms with E-state index >= 15 is 0 Å². The highest BCUT2D eigenvalue weighted by molar-refractivity contribution is 5.20. The lowest BCUT2D eigenvalue weighted by molar-refractivity contribution is 0.212. The van der Waals surface area contributed by atoms with Gasteiger partial charge in [-0.05, 0) is 35.7 Å². The third-order valence-corrected chi connectivity index (χ3v) is 3.83. The summed E-state index contributed by atoms with van der Waals surface area (Å²) in [6.07, 6.45) is 4.08. The molecule has 1 saturated carbocycles. The summed E-state index contributed by atoms with van der Waals surface area (Å²) >= 11 is 0. The zero-order valence-electron chi connectivity index (χ0n) is 9.51. The van der Waals surface area contributed by atoms with Crippen molar-refractivity contribution >= 4 is 0 Å². The topological polar surface area (TPSA) is 0 Å². The van der Waals surface area contributed by atoms with Crippen LogP contribution in [0.1, 0.15) is 39.2 Å². The first-order chi connectivity index (χ1) is 6.54. The van der Waals surface area contributed by atoms with E-state index in [1.165, 1.54) is 24.8 Å². The molecule has 0 heterocycles. The average molecular weight is 188 g/mol. The Morgan fingerprint density at radius 2 is 1.64 bits per heavy atom. The van der Waals surface area contributed by atoms with E-state index < -0.39 is 0 Å². The molecule has 1 aromatic carbocycles. The van der Waals surface area contributed by atoms with Crippen molar-refractivity contribution in [3.8, 4) is 0 Å². The number of benzene rings is 1. The summed E-state index contributed by atoms with van der Waals surface area (Å²) in [5.74, 6) is 0. The van der Waals surface area contributed by atoms with Crippen LogP contribution >= 0.6 is 0 Å². The third-order valence-electron chi connectivity index (χ3n) is 3.83. The Hall–Kier alpha value is -0.780. The minimum Gasteiger partial charge on any atom is -0.0622 e. The fourth-order valence-electron chi connectivity index (χ4n) is 2.33. The number of hydrogen-bond acceptors (Lipinski definition) is 0. The monoisotopic (exact) mass is 188 g/mol. The van der Waals surface area contributed by atoms with Crippen LogP contribution in [-0.2, 0) is 6.42 Å². The molecule has 1 aromatic rings. The quantitative estimate of drug-likeness (QED) is 0.656. The minimum absolute atomic E-state index is 0.461. The van der Waals surface area contributed by atoms with Gasteiger partial charge in [0.1, 0.15) is 0 Å². The molecule has 1 aliphatic rings. The van der Waals surface area contributed by atoms with Crippen LogP contribution in [0.5, 0.6) is 0 Å². The van der Waals surface area contributed by atoms with Crippen LogP contribution in [-0.4, -0.2) is 0 Å². The molecule has 0 bridgehead atoms. The van der Waals surface area contributed by atoms with Crippen LogP contribution in [0, 0.1) is 10.8 Å². The van der Waals surface area contributed by atoms with Gasteiger partial charge in [-0.1, -0.05) is 51.1 Å². The lowest BCUT2D eigenvalue weighted by Crippen LogP contribution is -2.24. The molecule has 0 N–H and O–H groups in total. The Balaban J connectivity index is 2.13. The summed E-state index contributed by atoms with van der Waals surface area (Å²) in [6, 6.07) is 10.9. The van der Waals surface area contributed by atoms with Crippen LogP contribution in [0.15, 0.2) is 30.3 Å². The van der Waals surface area contributed by atoms with Crippen molar-refractivity contribution in [2.75, 3.05) is 0 Å². The molecule has 0 heteroatoms. The maximum absolute atomic E-state index is 2.38. The van der Waals surface area contributed by atoms with Gasteiger partial charge in [-0.25, -0.2) is 0 Å². The predicted octanol–water partition coefficient (Wildman–Crippen LogP) is 4.06. The van der Waals surface area contributed by atoms with E-state index in [0.717, 1.165) is 0 Å². The largest absolute Gasteiger partial charge is 0.0622 e. The second-order valence-electron chi connectivity index (χ2n) is 5.69. The van der Waals surface area contributed by atoms with Crippen LogP contribution in [0.25, 0.3) is 0 Å². The van der Waals surface area contributed by atoms with E-state index in [2.05, 4.69) is 51.1 Å². The first kappa shape index (κ1) is 9.76. The van der Waals surface area contributed by atoms with E-state index in [9.17, 15) is 0 Å². The molecular weight excluding hydrogens is 168 g/mol. The Morgan fingerprint density at radius 3 is 2.07 bits per heavy atom. The van der Waals surface area contributed by atoms with E-state index in [0.29, 0.717) is 10.8 Å². The van der Waals surface area contributed by atoms with Crippen molar-refractivity contribution in [1.29, 1.82) is 0 Å². The van der Waals surface area contributed by atoms with Crippen LogP contribution < -0.4 is 0 Å². The fourth-order valence-corrected chi connectivity index (χ4v) is 2.33. The SMILES string of the molecule is CC(C)(C)C1(Cc2ccccc2)CC1. The number of rotatable bonds is 2. The molecule has 14 heavy (non-hydrogen) atoms. The van der Waals surface area contributed by atoms with E-state index in [-0.39, 0.29) is 0 Å². The summed E-state index contributed by atoms with van der Waals surface area (Å²) in [7, 11) is 0. The molecular formula is C14H20. The molecule has 0 unspecified atom stereocenters. The molecule has 76 valence electrons. The molecule has 0 aromatic heterocycles. The molecule has 0 spiro atoms. The smallest absolute Gasteiger partial charge is 0.0208 e. The van der Waals surface area contributed by atoms with Crippen molar-refractivity contribution in [3.63, 3.8) is 0 Å². The Labute approximate surface area is 87.3 Å². The van der Waals surface area contributed by atoms with Gasteiger partial charge in [0, 0.05) is 0 Å². The maximum Gasteiger partial charge on any atom is -0.0208 e. The molecule has 0 aliphatic heterocycles. The number of hydrogen-bond donors (Lipinski definition) is 0. The molecule has 0 amide bonds. The minimum atomic E-state index is 0.461. The Bertz CT molecular complexity index is 299. The molecule has 1 fully saturated rings. The third kappa shape index (κ3) is 1.70. The second-order valence-corrected chi connectivity index (χ2v) is 5.69. The fraction of sp³-hybridized carbons (Fsp3) is 0.571. The Kier molecular flexibility index (Phi) is 2.17. The summed E-state index contributed by atoms with van der Waals surface area (Å²) in [5, 5.41) is 0. The second kappa shape index (κ2) is 3.12. The lowest BCUT2D eigenvalue weighted by Gasteiger charge is -2.31. The van der Waals surface area contributed by atoms with Crippen LogP contribution in [0.3, 0.4) is 0 Å². The molecule has 1 aliphatic carbocycles. The standard InChI is InChI=1S/C14H20/c1-13(2,3)14(9-10-14)11-12-7-5-4-6-8-12/h4-8H,9-11H2,1-3H3. The Morgan fingerprint density at radius 1 is 1.07 bits per heavy atom. The zero-order valence-corrected chi connectivity index (χ0v) is 9.51. The van der Waals surface area contributed by atoms with Crippen LogP contribution in [0.2, 0.25) is 0 Å². The van der Waals surface area contributed by atoms with Crippen molar-refractivity contribution < 1.29 is 0 Å². The lowest BCUT2D eigenvalue weighted by atomic mass is 9.74. The van der Waals surface area contributed by atoms with E-state index in [1.807, 2.05) is 0 Å². The van der Waals surface area contributed by atoms with Crippen molar-refractivity contribution in [2.45, 2.75) is 40.0 Å². The highest BCUT2D eigenvalue weighted by Crippen LogP contribution is 2.60. The van der Waals surface area contributed by atoms with Gasteiger partial charge in [0.2, 0.25) is 0 Å². The summed E-state index contributed by atoms with van der Waals surface area (Å²) in [6.45, 7) is 7.13. The molecule has 0 radical (unpaired) electrons. The van der Waals surface area contributed by atoms with Gasteiger partial charge >= 0.3 is 0 Å². The van der Waals surface area contributed by atoms with Gasteiger partial charge in [-0.15, -0.1) is 0 Å². The van der Waals surface area contributed by atoms with Crippen molar-refractivity contribution in [2.24, 2.45) is 10.8 Å². The van der Waals surface area contributed by atoms with Gasteiger partial charge in [0.15, 0.2) is 0 Å². The average Bonchev–Trinajstić information content (AvgIpc) is 2.86. The first-order valence-electron chi connectivity index (χ1n) is 5.57. The molecule has 0 nitrogen and oxygen atoms in total. The first-order valence-corrected chi connectivity index (χ1v) is 5.57.